The zero-order valence-corrected chi connectivity index (χ0v) is 9.11. The highest BCUT2D eigenvalue weighted by molar-refractivity contribution is 5.56. The van der Waals surface area contributed by atoms with Crippen molar-refractivity contribution in [2.45, 2.75) is 32.9 Å². The van der Waals surface area contributed by atoms with Crippen LogP contribution < -0.4 is 5.32 Å². The molecule has 0 aromatic heterocycles. The summed E-state index contributed by atoms with van der Waals surface area (Å²) >= 11 is 0. The van der Waals surface area contributed by atoms with E-state index < -0.39 is 0 Å². The normalized spacial score (nSPS) is 12.8. The van der Waals surface area contributed by atoms with E-state index in [0.29, 0.717) is 6.54 Å². The highest BCUT2D eigenvalue weighted by Gasteiger charge is 2.11. The standard InChI is InChI=1S/C10H21N3O/c1-4-7-12-13(8-9-14)10(5-2)11-6-3/h6-7,10-11,14H,3-5,8-9H2,1-2H3/b12-7-/t10-/m1/s1. The molecule has 0 amide bonds. The maximum atomic E-state index is 8.88. The van der Waals surface area contributed by atoms with Crippen molar-refractivity contribution in [3.05, 3.63) is 12.8 Å². The van der Waals surface area contributed by atoms with Crippen LogP contribution in [0.3, 0.4) is 0 Å². The van der Waals surface area contributed by atoms with E-state index in [1.807, 2.05) is 18.1 Å². The molecule has 0 rings (SSSR count). The van der Waals surface area contributed by atoms with Gasteiger partial charge in [-0.1, -0.05) is 20.4 Å². The summed E-state index contributed by atoms with van der Waals surface area (Å²) in [6.45, 7) is 8.36. The zero-order valence-electron chi connectivity index (χ0n) is 9.11. The second-order valence-electron chi connectivity index (χ2n) is 2.89. The number of hydrazone groups is 1. The SMILES string of the molecule is C=CN[C@@H](CC)N(CCO)/N=C\CC. The summed E-state index contributed by atoms with van der Waals surface area (Å²) in [6.07, 6.45) is 5.41. The number of nitrogens with zero attached hydrogens (tertiary/aromatic N) is 2. The molecule has 82 valence electrons. The predicted octanol–water partition coefficient (Wildman–Crippen LogP) is 1.15. The molecule has 4 heteroatoms. The first-order valence-electron chi connectivity index (χ1n) is 5.07. The number of hydrogen-bond donors (Lipinski definition) is 2. The van der Waals surface area contributed by atoms with Gasteiger partial charge in [0.25, 0.3) is 0 Å². The first-order chi connectivity index (χ1) is 6.79. The minimum Gasteiger partial charge on any atom is -0.394 e. The summed E-state index contributed by atoms with van der Waals surface area (Å²) < 4.78 is 0. The maximum absolute atomic E-state index is 8.88. The van der Waals surface area contributed by atoms with Gasteiger partial charge in [-0.05, 0) is 19.0 Å². The average Bonchev–Trinajstić information content (AvgIpc) is 2.21. The third kappa shape index (κ3) is 4.87. The lowest BCUT2D eigenvalue weighted by molar-refractivity contribution is 0.140. The number of hydrogen-bond acceptors (Lipinski definition) is 4. The third-order valence-electron chi connectivity index (χ3n) is 1.80. The molecule has 14 heavy (non-hydrogen) atoms. The van der Waals surface area contributed by atoms with Crippen LogP contribution in [0.15, 0.2) is 17.9 Å². The largest absolute Gasteiger partial charge is 0.394 e. The van der Waals surface area contributed by atoms with Crippen molar-refractivity contribution in [3.8, 4) is 0 Å². The van der Waals surface area contributed by atoms with Crippen molar-refractivity contribution in [1.29, 1.82) is 0 Å². The van der Waals surface area contributed by atoms with Crippen LogP contribution in [0.5, 0.6) is 0 Å². The second-order valence-corrected chi connectivity index (χ2v) is 2.89. The number of aliphatic hydroxyl groups is 1. The molecule has 0 aliphatic rings. The highest BCUT2D eigenvalue weighted by Crippen LogP contribution is 2.01. The van der Waals surface area contributed by atoms with Crippen molar-refractivity contribution in [2.24, 2.45) is 5.10 Å². The summed E-state index contributed by atoms with van der Waals surface area (Å²) in [5, 5.41) is 18.1. The van der Waals surface area contributed by atoms with Crippen LogP contribution in [0, 0.1) is 0 Å². The number of rotatable bonds is 8. The lowest BCUT2D eigenvalue weighted by Crippen LogP contribution is -2.41. The molecule has 0 saturated heterocycles. The van der Waals surface area contributed by atoms with Gasteiger partial charge in [-0.2, -0.15) is 5.10 Å². The first kappa shape index (κ1) is 13.0. The van der Waals surface area contributed by atoms with Crippen LogP contribution in [0.1, 0.15) is 26.7 Å². The van der Waals surface area contributed by atoms with Gasteiger partial charge in [0.05, 0.1) is 13.2 Å². The highest BCUT2D eigenvalue weighted by atomic mass is 16.3. The van der Waals surface area contributed by atoms with Crippen LogP contribution in [0.2, 0.25) is 0 Å². The van der Waals surface area contributed by atoms with Gasteiger partial charge in [-0.25, -0.2) is 0 Å². The quantitative estimate of drug-likeness (QED) is 0.350. The molecule has 0 unspecified atom stereocenters. The molecule has 0 bridgehead atoms. The van der Waals surface area contributed by atoms with Gasteiger partial charge in [-0.3, -0.25) is 5.01 Å². The Morgan fingerprint density at radius 1 is 1.57 bits per heavy atom. The van der Waals surface area contributed by atoms with Crippen LogP contribution in [0.25, 0.3) is 0 Å². The monoisotopic (exact) mass is 199 g/mol. The molecule has 0 aliphatic heterocycles. The average molecular weight is 199 g/mol. The minimum absolute atomic E-state index is 0.108. The Hall–Kier alpha value is -1.03. The van der Waals surface area contributed by atoms with Gasteiger partial charge in [0.15, 0.2) is 0 Å². The van der Waals surface area contributed by atoms with E-state index >= 15 is 0 Å². The maximum Gasteiger partial charge on any atom is 0.115 e. The summed E-state index contributed by atoms with van der Waals surface area (Å²) in [5.41, 5.74) is 0. The lowest BCUT2D eigenvalue weighted by atomic mass is 10.3. The smallest absolute Gasteiger partial charge is 0.115 e. The van der Waals surface area contributed by atoms with Gasteiger partial charge in [0, 0.05) is 6.21 Å². The van der Waals surface area contributed by atoms with E-state index in [0.717, 1.165) is 12.8 Å². The molecular weight excluding hydrogens is 178 g/mol. The van der Waals surface area contributed by atoms with E-state index in [-0.39, 0.29) is 12.8 Å². The summed E-state index contributed by atoms with van der Waals surface area (Å²) in [4.78, 5) is 0. The van der Waals surface area contributed by atoms with Crippen LogP contribution in [-0.2, 0) is 0 Å². The van der Waals surface area contributed by atoms with E-state index in [4.69, 9.17) is 5.11 Å². The second kappa shape index (κ2) is 8.56. The third-order valence-corrected chi connectivity index (χ3v) is 1.80. The van der Waals surface area contributed by atoms with Crippen molar-refractivity contribution in [2.75, 3.05) is 13.2 Å². The molecule has 2 N–H and O–H groups in total. The number of aliphatic hydroxyl groups excluding tert-OH is 1. The van der Waals surface area contributed by atoms with Gasteiger partial charge < -0.3 is 10.4 Å². The Bertz CT molecular complexity index is 171. The fourth-order valence-electron chi connectivity index (χ4n) is 1.13. The van der Waals surface area contributed by atoms with E-state index in [1.54, 1.807) is 6.20 Å². The molecule has 0 radical (unpaired) electrons. The van der Waals surface area contributed by atoms with Crippen molar-refractivity contribution >= 4 is 6.21 Å². The molecule has 0 aromatic carbocycles. The van der Waals surface area contributed by atoms with Gasteiger partial charge in [0.1, 0.15) is 6.17 Å². The fourth-order valence-corrected chi connectivity index (χ4v) is 1.13. The minimum atomic E-state index is 0.108. The van der Waals surface area contributed by atoms with Crippen molar-refractivity contribution in [1.82, 2.24) is 10.3 Å². The summed E-state index contributed by atoms with van der Waals surface area (Å²) in [5.74, 6) is 0. The molecule has 0 fully saturated rings. The molecule has 0 aromatic rings. The molecule has 0 spiro atoms. The van der Waals surface area contributed by atoms with Crippen molar-refractivity contribution < 1.29 is 5.11 Å². The van der Waals surface area contributed by atoms with Gasteiger partial charge in [-0.15, -0.1) is 0 Å². The topological polar surface area (TPSA) is 47.9 Å². The van der Waals surface area contributed by atoms with Crippen LogP contribution >= 0.6 is 0 Å². The van der Waals surface area contributed by atoms with Gasteiger partial charge in [0.2, 0.25) is 0 Å². The Balaban J connectivity index is 4.25. The van der Waals surface area contributed by atoms with E-state index in [9.17, 15) is 0 Å². The molecule has 0 saturated carbocycles. The Morgan fingerprint density at radius 3 is 2.71 bits per heavy atom. The molecule has 0 aliphatic carbocycles. The predicted molar refractivity (Wildman–Crippen MR) is 60.0 cm³/mol. The summed E-state index contributed by atoms with van der Waals surface area (Å²) in [7, 11) is 0. The Labute approximate surface area is 86.3 Å². The van der Waals surface area contributed by atoms with E-state index in [2.05, 4.69) is 23.9 Å². The van der Waals surface area contributed by atoms with Crippen molar-refractivity contribution in [3.63, 3.8) is 0 Å². The Kier molecular flexibility index (Phi) is 7.93. The van der Waals surface area contributed by atoms with Gasteiger partial charge >= 0.3 is 0 Å². The molecule has 1 atom stereocenters. The molecular formula is C10H21N3O. The molecule has 0 heterocycles. The Morgan fingerprint density at radius 2 is 2.29 bits per heavy atom. The first-order valence-corrected chi connectivity index (χ1v) is 5.07. The van der Waals surface area contributed by atoms with E-state index in [1.165, 1.54) is 0 Å². The van der Waals surface area contributed by atoms with Crippen LogP contribution in [0.4, 0.5) is 0 Å². The number of nitrogens with one attached hydrogen (secondary N) is 1. The summed E-state index contributed by atoms with van der Waals surface area (Å²) in [6, 6.07) is 0. The molecule has 4 nitrogen and oxygen atoms in total. The fraction of sp³-hybridized carbons (Fsp3) is 0.700. The van der Waals surface area contributed by atoms with Crippen LogP contribution in [-0.4, -0.2) is 35.6 Å². The lowest BCUT2D eigenvalue weighted by Gasteiger charge is -2.27. The zero-order chi connectivity index (χ0) is 10.8.